The molecule has 1 aliphatic rings. The van der Waals surface area contributed by atoms with Gasteiger partial charge in [0.05, 0.1) is 10.7 Å². The Morgan fingerprint density at radius 2 is 2.00 bits per heavy atom. The van der Waals surface area contributed by atoms with E-state index in [1.165, 1.54) is 29.8 Å². The minimum Gasteiger partial charge on any atom is -0.294 e. The molecule has 4 rings (SSSR count). The molecule has 0 bridgehead atoms. The van der Waals surface area contributed by atoms with Crippen molar-refractivity contribution in [3.05, 3.63) is 45.0 Å². The first kappa shape index (κ1) is 12.7. The van der Waals surface area contributed by atoms with Crippen LogP contribution in [0.15, 0.2) is 24.4 Å². The molecule has 0 amide bonds. The molecule has 1 aliphatic carbocycles. The summed E-state index contributed by atoms with van der Waals surface area (Å²) in [6, 6.07) is 5.50. The molecule has 0 aliphatic heterocycles. The molecule has 2 aromatic heterocycles. The van der Waals surface area contributed by atoms with Crippen molar-refractivity contribution in [3.63, 3.8) is 0 Å². The van der Waals surface area contributed by atoms with Gasteiger partial charge in [-0.15, -0.1) is 11.3 Å². The predicted octanol–water partition coefficient (Wildman–Crippen LogP) is 5.25. The second-order valence-corrected chi connectivity index (χ2v) is 6.99. The number of imidazole rings is 1. The summed E-state index contributed by atoms with van der Waals surface area (Å²) in [6.45, 7) is 0. The maximum absolute atomic E-state index is 6.26. The SMILES string of the molecule is Clc1ccc(Cl)c(-c2cn3c4c(sc3n2)CCCC4)c1. The van der Waals surface area contributed by atoms with Crippen LogP contribution >= 0.6 is 34.5 Å². The molecule has 102 valence electrons. The highest BCUT2D eigenvalue weighted by molar-refractivity contribution is 7.17. The van der Waals surface area contributed by atoms with Crippen LogP contribution in [-0.2, 0) is 12.8 Å². The van der Waals surface area contributed by atoms with Crippen LogP contribution in [-0.4, -0.2) is 9.38 Å². The molecule has 0 N–H and O–H groups in total. The molecule has 0 unspecified atom stereocenters. The van der Waals surface area contributed by atoms with E-state index in [4.69, 9.17) is 28.2 Å². The lowest BCUT2D eigenvalue weighted by Crippen LogP contribution is -2.01. The van der Waals surface area contributed by atoms with E-state index in [1.807, 2.05) is 12.1 Å². The first-order valence-corrected chi connectivity index (χ1v) is 8.25. The number of fused-ring (bicyclic) bond motifs is 3. The number of aryl methyl sites for hydroxylation is 2. The minimum atomic E-state index is 0.683. The molecule has 2 nitrogen and oxygen atoms in total. The van der Waals surface area contributed by atoms with Gasteiger partial charge in [-0.1, -0.05) is 23.2 Å². The van der Waals surface area contributed by atoms with Gasteiger partial charge in [0.15, 0.2) is 4.96 Å². The molecule has 20 heavy (non-hydrogen) atoms. The summed E-state index contributed by atoms with van der Waals surface area (Å²) >= 11 is 14.1. The number of hydrogen-bond donors (Lipinski definition) is 0. The average molecular weight is 323 g/mol. The standard InChI is InChI=1S/C15H12Cl2N2S/c16-9-5-6-11(17)10(7-9)12-8-19-13-3-1-2-4-14(13)20-15(19)18-12/h5-8H,1-4H2. The average Bonchev–Trinajstić information content (AvgIpc) is 2.99. The fourth-order valence-electron chi connectivity index (χ4n) is 2.79. The Balaban J connectivity index is 1.89. The minimum absolute atomic E-state index is 0.683. The number of halogens is 2. The summed E-state index contributed by atoms with van der Waals surface area (Å²) in [5.41, 5.74) is 3.23. The maximum Gasteiger partial charge on any atom is 0.194 e. The molecule has 0 atom stereocenters. The van der Waals surface area contributed by atoms with Gasteiger partial charge in [0.2, 0.25) is 0 Å². The van der Waals surface area contributed by atoms with Crippen LogP contribution < -0.4 is 0 Å². The highest BCUT2D eigenvalue weighted by Crippen LogP contribution is 2.34. The first-order chi connectivity index (χ1) is 9.72. The predicted molar refractivity (Wildman–Crippen MR) is 85.2 cm³/mol. The normalized spacial score (nSPS) is 14.7. The monoisotopic (exact) mass is 322 g/mol. The van der Waals surface area contributed by atoms with Crippen molar-refractivity contribution in [2.75, 3.05) is 0 Å². The van der Waals surface area contributed by atoms with Crippen molar-refractivity contribution in [2.24, 2.45) is 0 Å². The van der Waals surface area contributed by atoms with E-state index in [0.29, 0.717) is 10.0 Å². The third-order valence-electron chi connectivity index (χ3n) is 3.77. The topological polar surface area (TPSA) is 17.3 Å². The van der Waals surface area contributed by atoms with E-state index in [9.17, 15) is 0 Å². The van der Waals surface area contributed by atoms with E-state index in [-0.39, 0.29) is 0 Å². The lowest BCUT2D eigenvalue weighted by molar-refractivity contribution is 0.674. The van der Waals surface area contributed by atoms with Gasteiger partial charge in [-0.3, -0.25) is 4.40 Å². The van der Waals surface area contributed by atoms with Crippen molar-refractivity contribution in [2.45, 2.75) is 25.7 Å². The Bertz CT molecular complexity index is 804. The zero-order valence-electron chi connectivity index (χ0n) is 10.7. The van der Waals surface area contributed by atoms with Crippen molar-refractivity contribution >= 4 is 39.5 Å². The van der Waals surface area contributed by atoms with Crippen LogP contribution in [0.1, 0.15) is 23.4 Å². The van der Waals surface area contributed by atoms with Crippen molar-refractivity contribution in [1.82, 2.24) is 9.38 Å². The van der Waals surface area contributed by atoms with E-state index >= 15 is 0 Å². The van der Waals surface area contributed by atoms with E-state index in [1.54, 1.807) is 17.4 Å². The summed E-state index contributed by atoms with van der Waals surface area (Å²) in [5.74, 6) is 0. The summed E-state index contributed by atoms with van der Waals surface area (Å²) in [6.07, 6.45) is 6.99. The van der Waals surface area contributed by atoms with Crippen LogP contribution in [0.5, 0.6) is 0 Å². The van der Waals surface area contributed by atoms with E-state index < -0.39 is 0 Å². The Hall–Kier alpha value is -1.03. The van der Waals surface area contributed by atoms with Gasteiger partial charge in [-0.2, -0.15) is 0 Å². The second-order valence-electron chi connectivity index (χ2n) is 5.08. The Kier molecular flexibility index (Phi) is 3.02. The number of thiazole rings is 1. The molecular weight excluding hydrogens is 311 g/mol. The van der Waals surface area contributed by atoms with Crippen molar-refractivity contribution in [1.29, 1.82) is 0 Å². The first-order valence-electron chi connectivity index (χ1n) is 6.67. The Morgan fingerprint density at radius 3 is 2.90 bits per heavy atom. The molecule has 1 aromatic carbocycles. The van der Waals surface area contributed by atoms with Crippen LogP contribution in [0.4, 0.5) is 0 Å². The lowest BCUT2D eigenvalue weighted by Gasteiger charge is -2.09. The second kappa shape index (κ2) is 4.76. The fraction of sp³-hybridized carbons (Fsp3) is 0.267. The molecule has 2 heterocycles. The van der Waals surface area contributed by atoms with Crippen LogP contribution in [0.25, 0.3) is 16.2 Å². The van der Waals surface area contributed by atoms with Gasteiger partial charge in [0, 0.05) is 27.4 Å². The molecule has 0 saturated carbocycles. The number of aromatic nitrogens is 2. The quantitative estimate of drug-likeness (QED) is 0.598. The molecule has 0 saturated heterocycles. The molecule has 5 heteroatoms. The summed E-state index contributed by atoms with van der Waals surface area (Å²) in [4.78, 5) is 7.27. The van der Waals surface area contributed by atoms with Crippen LogP contribution in [0.3, 0.4) is 0 Å². The number of benzene rings is 1. The fourth-order valence-corrected chi connectivity index (χ4v) is 4.37. The molecule has 0 spiro atoms. The molecule has 3 aromatic rings. The van der Waals surface area contributed by atoms with Gasteiger partial charge < -0.3 is 0 Å². The van der Waals surface area contributed by atoms with Crippen molar-refractivity contribution in [3.8, 4) is 11.3 Å². The third kappa shape index (κ3) is 1.96. The lowest BCUT2D eigenvalue weighted by atomic mass is 10.0. The maximum atomic E-state index is 6.26. The van der Waals surface area contributed by atoms with Crippen molar-refractivity contribution < 1.29 is 0 Å². The van der Waals surface area contributed by atoms with E-state index in [0.717, 1.165) is 22.6 Å². The number of hydrogen-bond acceptors (Lipinski definition) is 2. The highest BCUT2D eigenvalue weighted by atomic mass is 35.5. The molecule has 0 radical (unpaired) electrons. The Morgan fingerprint density at radius 1 is 1.15 bits per heavy atom. The number of nitrogens with zero attached hydrogens (tertiary/aromatic N) is 2. The number of rotatable bonds is 1. The summed E-state index contributed by atoms with van der Waals surface area (Å²) in [7, 11) is 0. The third-order valence-corrected chi connectivity index (χ3v) is 5.49. The van der Waals surface area contributed by atoms with Gasteiger partial charge in [-0.25, -0.2) is 4.98 Å². The van der Waals surface area contributed by atoms with Gasteiger partial charge in [0.25, 0.3) is 0 Å². The zero-order valence-corrected chi connectivity index (χ0v) is 13.0. The largest absolute Gasteiger partial charge is 0.294 e. The van der Waals surface area contributed by atoms with E-state index in [2.05, 4.69) is 10.6 Å². The Labute approximate surface area is 131 Å². The van der Waals surface area contributed by atoms with Gasteiger partial charge in [0.1, 0.15) is 0 Å². The smallest absolute Gasteiger partial charge is 0.194 e. The zero-order chi connectivity index (χ0) is 13.7. The van der Waals surface area contributed by atoms with Gasteiger partial charge in [-0.05, 0) is 43.9 Å². The summed E-state index contributed by atoms with van der Waals surface area (Å²) < 4.78 is 2.23. The van der Waals surface area contributed by atoms with Crippen LogP contribution in [0, 0.1) is 0 Å². The molecular formula is C15H12Cl2N2S. The summed E-state index contributed by atoms with van der Waals surface area (Å²) in [5, 5.41) is 1.37. The molecule has 0 fully saturated rings. The highest BCUT2D eigenvalue weighted by Gasteiger charge is 2.18. The van der Waals surface area contributed by atoms with Gasteiger partial charge >= 0.3 is 0 Å². The van der Waals surface area contributed by atoms with Crippen LogP contribution in [0.2, 0.25) is 10.0 Å².